The summed E-state index contributed by atoms with van der Waals surface area (Å²) in [6.07, 6.45) is 3.58. The lowest BCUT2D eigenvalue weighted by atomic mass is 10.1. The van der Waals surface area contributed by atoms with Gasteiger partial charge in [-0.3, -0.25) is 9.78 Å². The Labute approximate surface area is 114 Å². The number of nitrogens with two attached hydrogens (primary N) is 1. The number of rotatable bonds is 3. The molecule has 3 rings (SSSR count). The lowest BCUT2D eigenvalue weighted by molar-refractivity contribution is 0.1000. The number of aromatic amines is 1. The van der Waals surface area contributed by atoms with Crippen LogP contribution in [0.15, 0.2) is 42.7 Å². The molecule has 2 heterocycles. The van der Waals surface area contributed by atoms with Gasteiger partial charge in [-0.25, -0.2) is 4.39 Å². The van der Waals surface area contributed by atoms with Crippen LogP contribution in [0.5, 0.6) is 0 Å². The Morgan fingerprint density at radius 1 is 1.30 bits per heavy atom. The van der Waals surface area contributed by atoms with E-state index in [1.165, 1.54) is 18.3 Å². The van der Waals surface area contributed by atoms with Gasteiger partial charge in [-0.2, -0.15) is 0 Å². The molecule has 0 radical (unpaired) electrons. The minimum atomic E-state index is -0.518. The number of aromatic nitrogens is 2. The van der Waals surface area contributed by atoms with Gasteiger partial charge in [0.15, 0.2) is 0 Å². The Hall–Kier alpha value is -2.69. The largest absolute Gasteiger partial charge is 0.366 e. The van der Waals surface area contributed by atoms with E-state index in [0.717, 1.165) is 10.9 Å². The summed E-state index contributed by atoms with van der Waals surface area (Å²) in [4.78, 5) is 18.2. The van der Waals surface area contributed by atoms with Crippen molar-refractivity contribution in [2.75, 3.05) is 0 Å². The van der Waals surface area contributed by atoms with E-state index in [4.69, 9.17) is 5.73 Å². The number of carbonyl (C=O) groups excluding carboxylic acids is 1. The van der Waals surface area contributed by atoms with Crippen LogP contribution in [-0.2, 0) is 6.42 Å². The first-order valence-electron chi connectivity index (χ1n) is 6.14. The molecule has 20 heavy (non-hydrogen) atoms. The van der Waals surface area contributed by atoms with Gasteiger partial charge in [-0.1, -0.05) is 0 Å². The number of H-pyrrole nitrogens is 1. The minimum Gasteiger partial charge on any atom is -0.366 e. The summed E-state index contributed by atoms with van der Waals surface area (Å²) in [5.74, 6) is -0.818. The van der Waals surface area contributed by atoms with Gasteiger partial charge in [0.25, 0.3) is 0 Å². The maximum atomic E-state index is 14.0. The van der Waals surface area contributed by atoms with Crippen LogP contribution in [0, 0.1) is 5.82 Å². The molecule has 0 bridgehead atoms. The predicted octanol–water partition coefficient (Wildman–Crippen LogP) is 2.39. The molecular formula is C15H12FN3O. The van der Waals surface area contributed by atoms with E-state index < -0.39 is 5.91 Å². The fourth-order valence-corrected chi connectivity index (χ4v) is 2.18. The number of hydrogen-bond acceptors (Lipinski definition) is 2. The Morgan fingerprint density at radius 2 is 2.15 bits per heavy atom. The van der Waals surface area contributed by atoms with Crippen molar-refractivity contribution in [1.29, 1.82) is 0 Å². The van der Waals surface area contributed by atoms with Crippen molar-refractivity contribution in [2.45, 2.75) is 6.42 Å². The van der Waals surface area contributed by atoms with Crippen LogP contribution in [0.2, 0.25) is 0 Å². The zero-order chi connectivity index (χ0) is 14.1. The average molecular weight is 269 g/mol. The number of primary amides is 1. The summed E-state index contributed by atoms with van der Waals surface area (Å²) < 4.78 is 14.0. The second-order valence-electron chi connectivity index (χ2n) is 4.59. The Morgan fingerprint density at radius 3 is 2.95 bits per heavy atom. The third-order valence-corrected chi connectivity index (χ3v) is 3.19. The molecule has 100 valence electrons. The normalized spacial score (nSPS) is 10.8. The summed E-state index contributed by atoms with van der Waals surface area (Å²) in [6.45, 7) is 0. The minimum absolute atomic E-state index is 0.300. The topological polar surface area (TPSA) is 71.8 Å². The van der Waals surface area contributed by atoms with Crippen molar-refractivity contribution < 1.29 is 9.18 Å². The van der Waals surface area contributed by atoms with Crippen LogP contribution in [0.4, 0.5) is 4.39 Å². The van der Waals surface area contributed by atoms with E-state index in [0.29, 0.717) is 23.2 Å². The summed E-state index contributed by atoms with van der Waals surface area (Å²) in [7, 11) is 0. The molecule has 0 spiro atoms. The molecule has 0 aliphatic carbocycles. The molecule has 1 amide bonds. The molecule has 0 aliphatic rings. The molecule has 2 aromatic heterocycles. The molecular weight excluding hydrogens is 257 g/mol. The fourth-order valence-electron chi connectivity index (χ4n) is 2.18. The number of nitrogens with one attached hydrogen (secondary N) is 1. The average Bonchev–Trinajstić information content (AvgIpc) is 2.86. The van der Waals surface area contributed by atoms with Crippen LogP contribution in [0.1, 0.15) is 21.6 Å². The number of benzene rings is 1. The van der Waals surface area contributed by atoms with Gasteiger partial charge in [-0.05, 0) is 41.3 Å². The number of hydrogen-bond donors (Lipinski definition) is 2. The van der Waals surface area contributed by atoms with Gasteiger partial charge in [0.2, 0.25) is 5.91 Å². The molecule has 3 N–H and O–H groups in total. The van der Waals surface area contributed by atoms with E-state index in [9.17, 15) is 9.18 Å². The first-order valence-corrected chi connectivity index (χ1v) is 6.14. The number of halogens is 1. The van der Waals surface area contributed by atoms with Gasteiger partial charge in [0.1, 0.15) is 5.82 Å². The van der Waals surface area contributed by atoms with Crippen molar-refractivity contribution in [3.8, 4) is 0 Å². The number of fused-ring (bicyclic) bond motifs is 1. The number of carbonyl (C=O) groups is 1. The highest BCUT2D eigenvalue weighted by molar-refractivity contribution is 5.92. The van der Waals surface area contributed by atoms with Crippen LogP contribution in [-0.4, -0.2) is 15.9 Å². The van der Waals surface area contributed by atoms with E-state index in [2.05, 4.69) is 9.97 Å². The zero-order valence-corrected chi connectivity index (χ0v) is 10.6. The van der Waals surface area contributed by atoms with Crippen LogP contribution >= 0.6 is 0 Å². The first-order chi connectivity index (χ1) is 9.63. The molecule has 0 fully saturated rings. The van der Waals surface area contributed by atoms with Crippen LogP contribution < -0.4 is 5.73 Å². The van der Waals surface area contributed by atoms with Crippen molar-refractivity contribution in [2.24, 2.45) is 5.73 Å². The van der Waals surface area contributed by atoms with E-state index >= 15 is 0 Å². The van der Waals surface area contributed by atoms with E-state index in [1.54, 1.807) is 18.3 Å². The van der Waals surface area contributed by atoms with Crippen molar-refractivity contribution in [3.63, 3.8) is 0 Å². The van der Waals surface area contributed by atoms with Crippen LogP contribution in [0.3, 0.4) is 0 Å². The Kier molecular flexibility index (Phi) is 2.95. The lowest BCUT2D eigenvalue weighted by Gasteiger charge is -2.05. The molecule has 0 saturated heterocycles. The van der Waals surface area contributed by atoms with Gasteiger partial charge in [0, 0.05) is 35.6 Å². The summed E-state index contributed by atoms with van der Waals surface area (Å²) in [5, 5.41) is 0.937. The molecule has 4 nitrogen and oxygen atoms in total. The third kappa shape index (κ3) is 2.25. The van der Waals surface area contributed by atoms with Gasteiger partial charge in [0.05, 0.1) is 0 Å². The van der Waals surface area contributed by atoms with Gasteiger partial charge < -0.3 is 10.7 Å². The first kappa shape index (κ1) is 12.3. The van der Waals surface area contributed by atoms with Crippen molar-refractivity contribution in [1.82, 2.24) is 9.97 Å². The molecule has 0 aliphatic heterocycles. The van der Waals surface area contributed by atoms with Crippen LogP contribution in [0.25, 0.3) is 10.9 Å². The quantitative estimate of drug-likeness (QED) is 0.766. The summed E-state index contributed by atoms with van der Waals surface area (Å²) >= 11 is 0. The summed E-state index contributed by atoms with van der Waals surface area (Å²) in [6, 6.07) is 8.24. The molecule has 0 atom stereocenters. The third-order valence-electron chi connectivity index (χ3n) is 3.19. The monoisotopic (exact) mass is 269 g/mol. The fraction of sp³-hybridized carbons (Fsp3) is 0.0667. The second kappa shape index (κ2) is 4.77. The highest BCUT2D eigenvalue weighted by Gasteiger charge is 2.09. The molecule has 3 aromatic rings. The maximum Gasteiger partial charge on any atom is 0.248 e. The molecule has 0 saturated carbocycles. The Bertz CT molecular complexity index is 795. The predicted molar refractivity (Wildman–Crippen MR) is 73.8 cm³/mol. The number of pyridine rings is 1. The number of nitrogens with zero attached hydrogens (tertiary/aromatic N) is 1. The molecule has 5 heteroatoms. The highest BCUT2D eigenvalue weighted by atomic mass is 19.1. The van der Waals surface area contributed by atoms with E-state index in [1.807, 2.05) is 6.07 Å². The molecule has 1 aromatic carbocycles. The van der Waals surface area contributed by atoms with E-state index in [-0.39, 0.29) is 5.82 Å². The van der Waals surface area contributed by atoms with Gasteiger partial charge in [-0.15, -0.1) is 0 Å². The lowest BCUT2D eigenvalue weighted by Crippen LogP contribution is -2.11. The maximum absolute atomic E-state index is 14.0. The van der Waals surface area contributed by atoms with Gasteiger partial charge >= 0.3 is 0 Å². The second-order valence-corrected chi connectivity index (χ2v) is 4.59. The smallest absolute Gasteiger partial charge is 0.248 e. The van der Waals surface area contributed by atoms with Crippen molar-refractivity contribution in [3.05, 3.63) is 65.4 Å². The number of amides is 1. The summed E-state index contributed by atoms with van der Waals surface area (Å²) in [5.41, 5.74) is 7.49. The zero-order valence-electron chi connectivity index (χ0n) is 10.6. The standard InChI is InChI=1S/C15H12FN3O/c16-13-8-14-9(1-4-19-14)5-11(13)7-12-6-10(15(17)20)2-3-18-12/h1-6,8,19H,7H2,(H2,17,20). The molecule has 0 unspecified atom stereocenters. The SMILES string of the molecule is NC(=O)c1ccnc(Cc2cc3cc[nH]c3cc2F)c1. The van der Waals surface area contributed by atoms with Crippen molar-refractivity contribution >= 4 is 16.8 Å². The highest BCUT2D eigenvalue weighted by Crippen LogP contribution is 2.20. The Balaban J connectivity index is 1.98.